The van der Waals surface area contributed by atoms with Gasteiger partial charge >= 0.3 is 6.18 Å². The number of piperazine rings is 1. The van der Waals surface area contributed by atoms with Crippen LogP contribution in [0, 0.1) is 0 Å². The summed E-state index contributed by atoms with van der Waals surface area (Å²) >= 11 is 5.82. The molecule has 7 heteroatoms. The Bertz CT molecular complexity index is 485. The summed E-state index contributed by atoms with van der Waals surface area (Å²) in [7, 11) is 0. The van der Waals surface area contributed by atoms with Gasteiger partial charge in [-0.05, 0) is 18.2 Å². The maximum absolute atomic E-state index is 12.3. The van der Waals surface area contributed by atoms with Crippen molar-refractivity contribution < 1.29 is 18.0 Å². The molecule has 110 valence electrons. The number of hydrogen-bond acceptors (Lipinski definition) is 2. The summed E-state index contributed by atoms with van der Waals surface area (Å²) in [5.41, 5.74) is 0.460. The highest BCUT2D eigenvalue weighted by atomic mass is 35.5. The summed E-state index contributed by atoms with van der Waals surface area (Å²) in [5.74, 6) is -0.195. The van der Waals surface area contributed by atoms with Crippen LogP contribution in [0.1, 0.15) is 10.4 Å². The van der Waals surface area contributed by atoms with E-state index in [2.05, 4.69) is 0 Å². The number of carbonyl (C=O) groups is 1. The zero-order valence-electron chi connectivity index (χ0n) is 10.7. The van der Waals surface area contributed by atoms with Crippen LogP contribution in [0.15, 0.2) is 24.3 Å². The van der Waals surface area contributed by atoms with Crippen molar-refractivity contribution in [3.05, 3.63) is 34.9 Å². The third-order valence-corrected chi connectivity index (χ3v) is 3.37. The first-order valence-electron chi connectivity index (χ1n) is 6.19. The first-order valence-corrected chi connectivity index (χ1v) is 6.57. The number of amides is 1. The Morgan fingerprint density at radius 1 is 1.20 bits per heavy atom. The zero-order chi connectivity index (χ0) is 14.8. The lowest BCUT2D eigenvalue weighted by atomic mass is 10.2. The number of halogens is 4. The summed E-state index contributed by atoms with van der Waals surface area (Å²) in [6.45, 7) is 0.118. The van der Waals surface area contributed by atoms with Gasteiger partial charge in [-0.15, -0.1) is 0 Å². The minimum atomic E-state index is -4.20. The van der Waals surface area contributed by atoms with E-state index in [0.717, 1.165) is 0 Å². The van der Waals surface area contributed by atoms with Crippen LogP contribution in [0.5, 0.6) is 0 Å². The van der Waals surface area contributed by atoms with E-state index in [4.69, 9.17) is 11.6 Å². The van der Waals surface area contributed by atoms with Gasteiger partial charge in [-0.1, -0.05) is 17.7 Å². The lowest BCUT2D eigenvalue weighted by molar-refractivity contribution is -0.148. The highest BCUT2D eigenvalue weighted by molar-refractivity contribution is 6.30. The standard InChI is InChI=1S/C13H14ClF3N2O/c14-11-3-1-2-10(8-11)12(20)19-6-4-18(5-7-19)9-13(15,16)17/h1-3,8H,4-7,9H2. The van der Waals surface area contributed by atoms with E-state index in [1.165, 1.54) is 4.90 Å². The van der Waals surface area contributed by atoms with Gasteiger partial charge in [0, 0.05) is 36.8 Å². The first kappa shape index (κ1) is 15.1. The number of rotatable bonds is 2. The molecule has 20 heavy (non-hydrogen) atoms. The molecule has 1 aliphatic rings. The molecule has 0 bridgehead atoms. The molecule has 3 nitrogen and oxygen atoms in total. The Hall–Kier alpha value is -1.27. The van der Waals surface area contributed by atoms with Crippen LogP contribution in [0.25, 0.3) is 0 Å². The summed E-state index contributed by atoms with van der Waals surface area (Å²) in [4.78, 5) is 15.0. The van der Waals surface area contributed by atoms with Gasteiger partial charge in [0.1, 0.15) is 0 Å². The molecule has 0 aromatic heterocycles. The van der Waals surface area contributed by atoms with Crippen LogP contribution in [0.2, 0.25) is 5.02 Å². The normalized spacial score (nSPS) is 17.3. The lowest BCUT2D eigenvalue weighted by Gasteiger charge is -2.35. The molecule has 1 amide bonds. The predicted molar refractivity (Wildman–Crippen MR) is 69.9 cm³/mol. The summed E-state index contributed by atoms with van der Waals surface area (Å²) in [6, 6.07) is 6.55. The summed E-state index contributed by atoms with van der Waals surface area (Å²) < 4.78 is 36.8. The molecule has 1 aromatic rings. The van der Waals surface area contributed by atoms with Gasteiger partial charge in [0.2, 0.25) is 0 Å². The van der Waals surface area contributed by atoms with Crippen molar-refractivity contribution in [3.8, 4) is 0 Å². The van der Waals surface area contributed by atoms with Crippen molar-refractivity contribution in [2.45, 2.75) is 6.18 Å². The molecular formula is C13H14ClF3N2O. The Labute approximate surface area is 119 Å². The fraction of sp³-hybridized carbons (Fsp3) is 0.462. The van der Waals surface area contributed by atoms with E-state index < -0.39 is 12.7 Å². The summed E-state index contributed by atoms with van der Waals surface area (Å²) in [6.07, 6.45) is -4.20. The molecule has 1 heterocycles. The fourth-order valence-corrected chi connectivity index (χ4v) is 2.36. The van der Waals surface area contributed by atoms with E-state index in [-0.39, 0.29) is 19.0 Å². The van der Waals surface area contributed by atoms with Gasteiger partial charge in [0.15, 0.2) is 0 Å². The topological polar surface area (TPSA) is 23.6 Å². The third kappa shape index (κ3) is 4.11. The highest BCUT2D eigenvalue weighted by Crippen LogP contribution is 2.18. The molecule has 1 aromatic carbocycles. The Morgan fingerprint density at radius 2 is 1.85 bits per heavy atom. The van der Waals surface area contributed by atoms with Crippen LogP contribution in [0.4, 0.5) is 13.2 Å². The fourth-order valence-electron chi connectivity index (χ4n) is 2.17. The molecule has 0 radical (unpaired) electrons. The molecule has 0 aliphatic carbocycles. The molecule has 0 spiro atoms. The minimum Gasteiger partial charge on any atom is -0.336 e. The van der Waals surface area contributed by atoms with Crippen LogP contribution in [0.3, 0.4) is 0 Å². The van der Waals surface area contributed by atoms with Crippen molar-refractivity contribution in [1.82, 2.24) is 9.80 Å². The van der Waals surface area contributed by atoms with Gasteiger partial charge in [-0.3, -0.25) is 9.69 Å². The van der Waals surface area contributed by atoms with Gasteiger partial charge < -0.3 is 4.90 Å². The number of benzene rings is 1. The van der Waals surface area contributed by atoms with Crippen molar-refractivity contribution >= 4 is 17.5 Å². The molecule has 0 atom stereocenters. The molecular weight excluding hydrogens is 293 g/mol. The van der Waals surface area contributed by atoms with Gasteiger partial charge in [0.05, 0.1) is 6.54 Å². The quantitative estimate of drug-likeness (QED) is 0.838. The monoisotopic (exact) mass is 306 g/mol. The minimum absolute atomic E-state index is 0.195. The van der Waals surface area contributed by atoms with E-state index in [0.29, 0.717) is 23.7 Å². The second-order valence-corrected chi connectivity index (χ2v) is 5.13. The second kappa shape index (κ2) is 6.01. The third-order valence-electron chi connectivity index (χ3n) is 3.13. The largest absolute Gasteiger partial charge is 0.401 e. The molecule has 0 N–H and O–H groups in total. The summed E-state index contributed by atoms with van der Waals surface area (Å²) in [5, 5.41) is 0.464. The smallest absolute Gasteiger partial charge is 0.336 e. The number of hydrogen-bond donors (Lipinski definition) is 0. The Balaban J connectivity index is 1.92. The molecule has 2 rings (SSSR count). The molecule has 1 saturated heterocycles. The first-order chi connectivity index (χ1) is 9.35. The van der Waals surface area contributed by atoms with Gasteiger partial charge in [-0.2, -0.15) is 13.2 Å². The molecule has 0 saturated carbocycles. The number of carbonyl (C=O) groups excluding carboxylic acids is 1. The van der Waals surface area contributed by atoms with Crippen molar-refractivity contribution in [1.29, 1.82) is 0 Å². The van der Waals surface area contributed by atoms with Crippen molar-refractivity contribution in [2.75, 3.05) is 32.7 Å². The number of alkyl halides is 3. The van der Waals surface area contributed by atoms with E-state index in [9.17, 15) is 18.0 Å². The van der Waals surface area contributed by atoms with E-state index >= 15 is 0 Å². The van der Waals surface area contributed by atoms with Crippen molar-refractivity contribution in [3.63, 3.8) is 0 Å². The maximum atomic E-state index is 12.3. The van der Waals surface area contributed by atoms with Gasteiger partial charge in [-0.25, -0.2) is 0 Å². The van der Waals surface area contributed by atoms with Crippen LogP contribution in [-0.4, -0.2) is 54.6 Å². The maximum Gasteiger partial charge on any atom is 0.401 e. The predicted octanol–water partition coefficient (Wildman–Crippen LogP) is 2.66. The van der Waals surface area contributed by atoms with E-state index in [1.807, 2.05) is 0 Å². The molecule has 1 aliphatic heterocycles. The molecule has 0 unspecified atom stereocenters. The van der Waals surface area contributed by atoms with Crippen molar-refractivity contribution in [2.24, 2.45) is 0 Å². The Kier molecular flexibility index (Phi) is 4.55. The van der Waals surface area contributed by atoms with E-state index in [1.54, 1.807) is 29.2 Å². The lowest BCUT2D eigenvalue weighted by Crippen LogP contribution is -2.50. The zero-order valence-corrected chi connectivity index (χ0v) is 11.4. The van der Waals surface area contributed by atoms with Crippen LogP contribution < -0.4 is 0 Å². The van der Waals surface area contributed by atoms with Crippen LogP contribution >= 0.6 is 11.6 Å². The highest BCUT2D eigenvalue weighted by Gasteiger charge is 2.32. The van der Waals surface area contributed by atoms with Gasteiger partial charge in [0.25, 0.3) is 5.91 Å². The average molecular weight is 307 g/mol. The second-order valence-electron chi connectivity index (χ2n) is 4.69. The molecule has 1 fully saturated rings. The average Bonchev–Trinajstić information content (AvgIpc) is 2.37. The SMILES string of the molecule is O=C(c1cccc(Cl)c1)N1CCN(CC(F)(F)F)CC1. The van der Waals surface area contributed by atoms with Crippen LogP contribution in [-0.2, 0) is 0 Å². The number of nitrogens with zero attached hydrogens (tertiary/aromatic N) is 2. The Morgan fingerprint density at radius 3 is 2.40 bits per heavy atom.